The topological polar surface area (TPSA) is 12.0 Å². The van der Waals surface area contributed by atoms with Gasteiger partial charge in [0.1, 0.15) is 0 Å². The summed E-state index contributed by atoms with van der Waals surface area (Å²) in [6, 6.07) is 6.47. The molecule has 0 fully saturated rings. The molecule has 1 unspecified atom stereocenters. The first-order valence-electron chi connectivity index (χ1n) is 5.80. The molecule has 1 aromatic rings. The molecule has 0 aliphatic rings. The Hall–Kier alpha value is -0.240. The molecule has 1 rings (SSSR count). The predicted molar refractivity (Wildman–Crippen MR) is 72.5 cm³/mol. The number of hydrogen-bond donors (Lipinski definition) is 1. The molecule has 0 heterocycles. The highest BCUT2D eigenvalue weighted by molar-refractivity contribution is 6.42. The minimum Gasteiger partial charge on any atom is -0.315 e. The summed E-state index contributed by atoms with van der Waals surface area (Å²) in [6.07, 6.45) is 3.42. The highest BCUT2D eigenvalue weighted by Gasteiger charge is 2.02. The largest absolute Gasteiger partial charge is 0.315 e. The van der Waals surface area contributed by atoms with E-state index in [0.29, 0.717) is 16.1 Å². The van der Waals surface area contributed by atoms with E-state index in [2.05, 4.69) is 19.2 Å². The Morgan fingerprint density at radius 1 is 1.25 bits per heavy atom. The standard InChI is InChI=1S/C13H19Cl2N/c1-3-16-10(2)5-4-6-11-7-8-12(14)13(15)9-11/h7-10,16H,3-6H2,1-2H3. The Morgan fingerprint density at radius 2 is 2.00 bits per heavy atom. The van der Waals surface area contributed by atoms with Gasteiger partial charge >= 0.3 is 0 Å². The Bertz CT molecular complexity index is 326. The van der Waals surface area contributed by atoms with Crippen LogP contribution in [0, 0.1) is 0 Å². The second kappa shape index (κ2) is 7.16. The third kappa shape index (κ3) is 4.73. The number of rotatable bonds is 6. The first-order valence-corrected chi connectivity index (χ1v) is 6.56. The molecule has 0 radical (unpaired) electrons. The summed E-state index contributed by atoms with van der Waals surface area (Å²) >= 11 is 11.8. The Kier molecular flexibility index (Phi) is 6.18. The summed E-state index contributed by atoms with van der Waals surface area (Å²) in [6.45, 7) is 5.39. The van der Waals surface area contributed by atoms with Crippen molar-refractivity contribution in [2.45, 2.75) is 39.2 Å². The summed E-state index contributed by atoms with van der Waals surface area (Å²) in [7, 11) is 0. The van der Waals surface area contributed by atoms with E-state index in [4.69, 9.17) is 23.2 Å². The molecule has 0 saturated heterocycles. The molecule has 0 aromatic heterocycles. The first-order chi connectivity index (χ1) is 7.63. The number of halogens is 2. The monoisotopic (exact) mass is 259 g/mol. The van der Waals surface area contributed by atoms with E-state index in [1.807, 2.05) is 18.2 Å². The molecule has 1 atom stereocenters. The normalized spacial score (nSPS) is 12.8. The van der Waals surface area contributed by atoms with E-state index in [1.165, 1.54) is 18.4 Å². The van der Waals surface area contributed by atoms with Gasteiger partial charge in [0, 0.05) is 6.04 Å². The number of nitrogens with one attached hydrogen (secondary N) is 1. The predicted octanol–water partition coefficient (Wildman–Crippen LogP) is 4.31. The van der Waals surface area contributed by atoms with Gasteiger partial charge in [-0.3, -0.25) is 0 Å². The van der Waals surface area contributed by atoms with E-state index in [9.17, 15) is 0 Å². The minimum atomic E-state index is 0.591. The maximum absolute atomic E-state index is 5.96. The lowest BCUT2D eigenvalue weighted by Gasteiger charge is -2.11. The average Bonchev–Trinajstić information content (AvgIpc) is 2.24. The smallest absolute Gasteiger partial charge is 0.0595 e. The van der Waals surface area contributed by atoms with Crippen molar-refractivity contribution in [1.82, 2.24) is 5.32 Å². The lowest BCUT2D eigenvalue weighted by atomic mass is 10.1. The van der Waals surface area contributed by atoms with E-state index < -0.39 is 0 Å². The molecule has 0 aliphatic heterocycles. The van der Waals surface area contributed by atoms with Crippen LogP contribution in [0.4, 0.5) is 0 Å². The van der Waals surface area contributed by atoms with Crippen LogP contribution in [-0.4, -0.2) is 12.6 Å². The van der Waals surface area contributed by atoms with Gasteiger partial charge in [-0.1, -0.05) is 36.2 Å². The van der Waals surface area contributed by atoms with E-state index in [0.717, 1.165) is 13.0 Å². The molecule has 0 saturated carbocycles. The number of aryl methyl sites for hydroxylation is 1. The Balaban J connectivity index is 2.34. The van der Waals surface area contributed by atoms with Crippen molar-refractivity contribution in [1.29, 1.82) is 0 Å². The fraction of sp³-hybridized carbons (Fsp3) is 0.538. The number of benzene rings is 1. The molecule has 0 spiro atoms. The van der Waals surface area contributed by atoms with Crippen LogP contribution in [0.5, 0.6) is 0 Å². The van der Waals surface area contributed by atoms with Crippen LogP contribution < -0.4 is 5.32 Å². The Labute approximate surface area is 108 Å². The van der Waals surface area contributed by atoms with Gasteiger partial charge in [-0.2, -0.15) is 0 Å². The molecular weight excluding hydrogens is 241 g/mol. The summed E-state index contributed by atoms with van der Waals surface area (Å²) in [4.78, 5) is 0. The number of hydrogen-bond acceptors (Lipinski definition) is 1. The molecule has 90 valence electrons. The van der Waals surface area contributed by atoms with Crippen molar-refractivity contribution in [2.75, 3.05) is 6.54 Å². The van der Waals surface area contributed by atoms with Gasteiger partial charge in [0.2, 0.25) is 0 Å². The first kappa shape index (κ1) is 13.8. The summed E-state index contributed by atoms with van der Waals surface area (Å²) in [5.41, 5.74) is 1.26. The van der Waals surface area contributed by atoms with Gasteiger partial charge in [0.05, 0.1) is 10.0 Å². The van der Waals surface area contributed by atoms with E-state index in [-0.39, 0.29) is 0 Å². The molecule has 3 heteroatoms. The lowest BCUT2D eigenvalue weighted by molar-refractivity contribution is 0.512. The van der Waals surface area contributed by atoms with Gasteiger partial charge in [0.25, 0.3) is 0 Å². The summed E-state index contributed by atoms with van der Waals surface area (Å²) in [5, 5.41) is 4.69. The van der Waals surface area contributed by atoms with Crippen LogP contribution >= 0.6 is 23.2 Å². The van der Waals surface area contributed by atoms with E-state index in [1.54, 1.807) is 0 Å². The zero-order valence-corrected chi connectivity index (χ0v) is 11.4. The molecule has 0 aliphatic carbocycles. The second-order valence-corrected chi connectivity index (χ2v) is 4.91. The second-order valence-electron chi connectivity index (χ2n) is 4.10. The maximum atomic E-state index is 5.96. The zero-order valence-electron chi connectivity index (χ0n) is 9.89. The Morgan fingerprint density at radius 3 is 2.62 bits per heavy atom. The summed E-state index contributed by atoms with van der Waals surface area (Å²) < 4.78 is 0. The quantitative estimate of drug-likeness (QED) is 0.803. The van der Waals surface area contributed by atoms with Crippen molar-refractivity contribution in [2.24, 2.45) is 0 Å². The molecule has 1 N–H and O–H groups in total. The zero-order chi connectivity index (χ0) is 12.0. The van der Waals surface area contributed by atoms with E-state index >= 15 is 0 Å². The van der Waals surface area contributed by atoms with Gasteiger partial charge in [0.15, 0.2) is 0 Å². The van der Waals surface area contributed by atoms with Crippen molar-refractivity contribution in [3.63, 3.8) is 0 Å². The van der Waals surface area contributed by atoms with Gasteiger partial charge < -0.3 is 5.32 Å². The third-order valence-electron chi connectivity index (χ3n) is 2.64. The summed E-state index contributed by atoms with van der Waals surface area (Å²) in [5.74, 6) is 0. The van der Waals surface area contributed by atoms with Crippen molar-refractivity contribution in [3.8, 4) is 0 Å². The van der Waals surface area contributed by atoms with Crippen LogP contribution in [-0.2, 0) is 6.42 Å². The van der Waals surface area contributed by atoms with Crippen LogP contribution in [0.2, 0.25) is 10.0 Å². The van der Waals surface area contributed by atoms with Crippen LogP contribution in [0.25, 0.3) is 0 Å². The average molecular weight is 260 g/mol. The molecule has 0 amide bonds. The van der Waals surface area contributed by atoms with Crippen LogP contribution in [0.3, 0.4) is 0 Å². The van der Waals surface area contributed by atoms with Crippen LogP contribution in [0.1, 0.15) is 32.3 Å². The molecule has 1 nitrogen and oxygen atoms in total. The highest BCUT2D eigenvalue weighted by atomic mass is 35.5. The van der Waals surface area contributed by atoms with Crippen molar-refractivity contribution < 1.29 is 0 Å². The van der Waals surface area contributed by atoms with Crippen molar-refractivity contribution >= 4 is 23.2 Å². The molecule has 16 heavy (non-hydrogen) atoms. The lowest BCUT2D eigenvalue weighted by Crippen LogP contribution is -2.25. The fourth-order valence-corrected chi connectivity index (χ4v) is 2.08. The minimum absolute atomic E-state index is 0.591. The fourth-order valence-electron chi connectivity index (χ4n) is 1.76. The molecule has 1 aromatic carbocycles. The van der Waals surface area contributed by atoms with Gasteiger partial charge in [-0.15, -0.1) is 0 Å². The van der Waals surface area contributed by atoms with Crippen molar-refractivity contribution in [3.05, 3.63) is 33.8 Å². The highest BCUT2D eigenvalue weighted by Crippen LogP contribution is 2.23. The maximum Gasteiger partial charge on any atom is 0.0595 e. The van der Waals surface area contributed by atoms with Gasteiger partial charge in [-0.25, -0.2) is 0 Å². The SMILES string of the molecule is CCNC(C)CCCc1ccc(Cl)c(Cl)c1. The molecular formula is C13H19Cl2N. The third-order valence-corrected chi connectivity index (χ3v) is 3.38. The molecule has 0 bridgehead atoms. The van der Waals surface area contributed by atoms with Crippen LogP contribution in [0.15, 0.2) is 18.2 Å². The van der Waals surface area contributed by atoms with Gasteiger partial charge in [-0.05, 0) is 50.4 Å².